The molecule has 192 valence electrons. The number of carbonyl (C=O) groups is 1. The molecular weight excluding hydrogens is 504 g/mol. The van der Waals surface area contributed by atoms with Crippen molar-refractivity contribution in [3.05, 3.63) is 82.9 Å². The summed E-state index contributed by atoms with van der Waals surface area (Å²) in [5.74, 6) is 0.987. The Balaban J connectivity index is 1.82. The number of rotatable bonds is 12. The molecule has 0 aliphatic carbocycles. The van der Waals surface area contributed by atoms with Crippen LogP contribution in [0.15, 0.2) is 71.6 Å². The van der Waals surface area contributed by atoms with Crippen molar-refractivity contribution in [2.24, 2.45) is 0 Å². The molecule has 3 aromatic carbocycles. The van der Waals surface area contributed by atoms with E-state index in [9.17, 15) is 13.2 Å². The molecule has 0 saturated heterocycles. The van der Waals surface area contributed by atoms with Gasteiger partial charge in [0.15, 0.2) is 0 Å². The van der Waals surface area contributed by atoms with Crippen molar-refractivity contribution in [1.82, 2.24) is 9.62 Å². The minimum atomic E-state index is -4.04. The zero-order chi connectivity index (χ0) is 26.1. The van der Waals surface area contributed by atoms with Gasteiger partial charge >= 0.3 is 0 Å². The van der Waals surface area contributed by atoms with E-state index in [0.29, 0.717) is 29.2 Å². The van der Waals surface area contributed by atoms with E-state index in [1.54, 1.807) is 18.2 Å². The Kier molecular flexibility index (Phi) is 9.58. The van der Waals surface area contributed by atoms with Crippen LogP contribution >= 0.6 is 11.6 Å². The van der Waals surface area contributed by atoms with Gasteiger partial charge in [-0.05, 0) is 42.3 Å². The van der Waals surface area contributed by atoms with E-state index in [1.807, 2.05) is 30.3 Å². The molecule has 0 fully saturated rings. The van der Waals surface area contributed by atoms with Crippen LogP contribution in [0.3, 0.4) is 0 Å². The average molecular weight is 533 g/mol. The van der Waals surface area contributed by atoms with Crippen LogP contribution in [-0.4, -0.2) is 53.0 Å². The van der Waals surface area contributed by atoms with E-state index in [4.69, 9.17) is 25.8 Å². The Morgan fingerprint density at radius 3 is 2.11 bits per heavy atom. The maximum atomic E-state index is 13.5. The SMILES string of the molecule is COc1ccc(S(=O)(=O)N(CCc2ccccc2)CC(=O)NCc2c(OC)cccc2OC)cc1Cl. The molecule has 0 atom stereocenters. The number of hydrogen-bond acceptors (Lipinski definition) is 6. The number of sulfonamides is 1. The molecule has 0 saturated carbocycles. The summed E-state index contributed by atoms with van der Waals surface area (Å²) in [6.07, 6.45) is 0.428. The first-order chi connectivity index (χ1) is 17.3. The number of nitrogens with zero attached hydrogens (tertiary/aromatic N) is 1. The average Bonchev–Trinajstić information content (AvgIpc) is 2.89. The van der Waals surface area contributed by atoms with Crippen molar-refractivity contribution in [2.45, 2.75) is 17.9 Å². The Morgan fingerprint density at radius 1 is 0.889 bits per heavy atom. The molecule has 0 spiro atoms. The first-order valence-electron chi connectivity index (χ1n) is 11.1. The molecule has 10 heteroatoms. The third-order valence-electron chi connectivity index (χ3n) is 5.57. The molecule has 1 amide bonds. The smallest absolute Gasteiger partial charge is 0.243 e. The monoisotopic (exact) mass is 532 g/mol. The maximum absolute atomic E-state index is 13.5. The van der Waals surface area contributed by atoms with Gasteiger partial charge in [-0.1, -0.05) is 48.0 Å². The fourth-order valence-corrected chi connectivity index (χ4v) is 5.39. The summed E-state index contributed by atoms with van der Waals surface area (Å²) in [6, 6.07) is 19.0. The van der Waals surface area contributed by atoms with Gasteiger partial charge in [0.05, 0.1) is 49.9 Å². The third-order valence-corrected chi connectivity index (χ3v) is 7.70. The van der Waals surface area contributed by atoms with E-state index in [1.165, 1.54) is 39.5 Å². The Labute approximate surface area is 216 Å². The highest BCUT2D eigenvalue weighted by Gasteiger charge is 2.27. The van der Waals surface area contributed by atoms with Crippen LogP contribution in [0.4, 0.5) is 0 Å². The normalized spacial score (nSPS) is 11.2. The lowest BCUT2D eigenvalue weighted by Crippen LogP contribution is -2.41. The minimum Gasteiger partial charge on any atom is -0.496 e. The molecule has 0 heterocycles. The van der Waals surface area contributed by atoms with Crippen LogP contribution in [0.5, 0.6) is 17.2 Å². The van der Waals surface area contributed by atoms with Gasteiger partial charge in [-0.2, -0.15) is 4.31 Å². The fourth-order valence-electron chi connectivity index (χ4n) is 3.64. The van der Waals surface area contributed by atoms with Crippen molar-refractivity contribution >= 4 is 27.5 Å². The maximum Gasteiger partial charge on any atom is 0.243 e. The van der Waals surface area contributed by atoms with E-state index < -0.39 is 15.9 Å². The van der Waals surface area contributed by atoms with Gasteiger partial charge in [-0.25, -0.2) is 8.42 Å². The van der Waals surface area contributed by atoms with Gasteiger partial charge < -0.3 is 19.5 Å². The summed E-state index contributed by atoms with van der Waals surface area (Å²) < 4.78 is 44.1. The predicted octanol–water partition coefficient (Wildman–Crippen LogP) is 3.92. The fraction of sp³-hybridized carbons (Fsp3) is 0.269. The summed E-state index contributed by atoms with van der Waals surface area (Å²) in [4.78, 5) is 12.9. The van der Waals surface area contributed by atoms with Crippen LogP contribution in [0, 0.1) is 0 Å². The van der Waals surface area contributed by atoms with E-state index >= 15 is 0 Å². The lowest BCUT2D eigenvalue weighted by atomic mass is 10.1. The molecule has 0 unspecified atom stereocenters. The topological polar surface area (TPSA) is 94.2 Å². The van der Waals surface area contributed by atoms with Crippen molar-refractivity contribution in [1.29, 1.82) is 0 Å². The number of carbonyl (C=O) groups excluding carboxylic acids is 1. The number of methoxy groups -OCH3 is 3. The quantitative estimate of drug-likeness (QED) is 0.380. The number of nitrogens with one attached hydrogen (secondary N) is 1. The summed E-state index contributed by atoms with van der Waals surface area (Å²) >= 11 is 6.18. The molecule has 36 heavy (non-hydrogen) atoms. The van der Waals surface area contributed by atoms with E-state index in [0.717, 1.165) is 9.87 Å². The highest BCUT2D eigenvalue weighted by molar-refractivity contribution is 7.89. The second kappa shape index (κ2) is 12.6. The third kappa shape index (κ3) is 6.69. The first-order valence-corrected chi connectivity index (χ1v) is 13.0. The standard InChI is InChI=1S/C26H29ClN2O6S/c1-33-23-10-7-11-24(34-2)21(23)17-28-26(30)18-29(15-14-19-8-5-4-6-9-19)36(31,32)20-12-13-25(35-3)22(27)16-20/h4-13,16H,14-15,17-18H2,1-3H3,(H,28,30). The highest BCUT2D eigenvalue weighted by Crippen LogP contribution is 2.29. The molecule has 0 radical (unpaired) electrons. The Hall–Kier alpha value is -3.27. The number of hydrogen-bond donors (Lipinski definition) is 1. The zero-order valence-corrected chi connectivity index (χ0v) is 21.9. The molecule has 0 aliphatic rings. The molecule has 0 aromatic heterocycles. The van der Waals surface area contributed by atoms with Crippen LogP contribution < -0.4 is 19.5 Å². The first kappa shape index (κ1) is 27.3. The van der Waals surface area contributed by atoms with Gasteiger partial charge in [-0.15, -0.1) is 0 Å². The molecular formula is C26H29ClN2O6S. The van der Waals surface area contributed by atoms with Gasteiger partial charge in [-0.3, -0.25) is 4.79 Å². The van der Waals surface area contributed by atoms with Gasteiger partial charge in [0, 0.05) is 6.54 Å². The summed E-state index contributed by atoms with van der Waals surface area (Å²) in [5, 5.41) is 2.94. The zero-order valence-electron chi connectivity index (χ0n) is 20.4. The van der Waals surface area contributed by atoms with E-state index in [2.05, 4.69) is 5.32 Å². The Morgan fingerprint density at radius 2 is 1.53 bits per heavy atom. The lowest BCUT2D eigenvalue weighted by molar-refractivity contribution is -0.121. The number of amides is 1. The van der Waals surface area contributed by atoms with Gasteiger partial charge in [0.1, 0.15) is 17.2 Å². The summed E-state index contributed by atoms with van der Waals surface area (Å²) in [5.41, 5.74) is 1.60. The van der Waals surface area contributed by atoms with Crippen LogP contribution in [0.25, 0.3) is 0 Å². The molecule has 0 bridgehead atoms. The van der Waals surface area contributed by atoms with Crippen LogP contribution in [0.2, 0.25) is 5.02 Å². The summed E-state index contributed by atoms with van der Waals surface area (Å²) in [7, 11) is 0.459. The molecule has 1 N–H and O–H groups in total. The van der Waals surface area contributed by atoms with Crippen LogP contribution in [-0.2, 0) is 27.8 Å². The summed E-state index contributed by atoms with van der Waals surface area (Å²) in [6.45, 7) is -0.176. The van der Waals surface area contributed by atoms with E-state index in [-0.39, 0.29) is 29.6 Å². The second-order valence-electron chi connectivity index (χ2n) is 7.79. The lowest BCUT2D eigenvalue weighted by Gasteiger charge is -2.22. The number of benzene rings is 3. The largest absolute Gasteiger partial charge is 0.496 e. The second-order valence-corrected chi connectivity index (χ2v) is 10.1. The highest BCUT2D eigenvalue weighted by atomic mass is 35.5. The van der Waals surface area contributed by atoms with Gasteiger partial charge in [0.2, 0.25) is 15.9 Å². The molecule has 3 aromatic rings. The predicted molar refractivity (Wildman–Crippen MR) is 138 cm³/mol. The van der Waals surface area contributed by atoms with Crippen molar-refractivity contribution < 1.29 is 27.4 Å². The molecule has 8 nitrogen and oxygen atoms in total. The van der Waals surface area contributed by atoms with Gasteiger partial charge in [0.25, 0.3) is 0 Å². The van der Waals surface area contributed by atoms with Crippen LogP contribution in [0.1, 0.15) is 11.1 Å². The Bertz CT molecular complexity index is 1260. The number of halogens is 1. The molecule has 0 aliphatic heterocycles. The van der Waals surface area contributed by atoms with Crippen molar-refractivity contribution in [3.63, 3.8) is 0 Å². The number of ether oxygens (including phenoxy) is 3. The van der Waals surface area contributed by atoms with Crippen molar-refractivity contribution in [2.75, 3.05) is 34.4 Å². The minimum absolute atomic E-state index is 0.0273. The molecule has 3 rings (SSSR count). The van der Waals surface area contributed by atoms with Crippen molar-refractivity contribution in [3.8, 4) is 17.2 Å².